The minimum absolute atomic E-state index is 0.251. The van der Waals surface area contributed by atoms with E-state index in [0.29, 0.717) is 19.0 Å². The molecular weight excluding hydrogens is 243 g/mol. The Morgan fingerprint density at radius 2 is 1.79 bits per heavy atom. The minimum Gasteiger partial charge on any atom is -0.330 e. The fraction of sp³-hybridized carbons (Fsp3) is 0.286. The highest BCUT2D eigenvalue weighted by Gasteiger charge is 2.10. The van der Waals surface area contributed by atoms with Gasteiger partial charge in [0.1, 0.15) is 5.82 Å². The van der Waals surface area contributed by atoms with Gasteiger partial charge in [-0.25, -0.2) is 14.4 Å². The Morgan fingerprint density at radius 1 is 1.16 bits per heavy atom. The molecule has 0 unspecified atom stereocenters. The zero-order valence-corrected chi connectivity index (χ0v) is 10.9. The van der Waals surface area contributed by atoms with E-state index in [2.05, 4.69) is 9.97 Å². The summed E-state index contributed by atoms with van der Waals surface area (Å²) in [4.78, 5) is 10.6. The van der Waals surface area contributed by atoms with Crippen LogP contribution in [0.25, 0.3) is 0 Å². The van der Waals surface area contributed by atoms with Crippen LogP contribution in [-0.2, 0) is 6.42 Å². The molecule has 1 aromatic carbocycles. The Balaban J connectivity index is 2.23. The van der Waals surface area contributed by atoms with Gasteiger partial charge in [0.2, 0.25) is 5.95 Å². The number of benzene rings is 1. The number of nitrogens with zero attached hydrogens (tertiary/aromatic N) is 3. The van der Waals surface area contributed by atoms with Crippen molar-refractivity contribution in [3.8, 4) is 0 Å². The van der Waals surface area contributed by atoms with Crippen molar-refractivity contribution in [2.75, 3.05) is 18.0 Å². The number of nitrogens with two attached hydrogens (primary N) is 1. The Kier molecular flexibility index (Phi) is 4.41. The molecule has 1 aromatic heterocycles. The van der Waals surface area contributed by atoms with Crippen molar-refractivity contribution in [3.63, 3.8) is 0 Å². The summed E-state index contributed by atoms with van der Waals surface area (Å²) in [7, 11) is 0. The van der Waals surface area contributed by atoms with Gasteiger partial charge in [0.25, 0.3) is 0 Å². The molecule has 5 heteroatoms. The van der Waals surface area contributed by atoms with E-state index < -0.39 is 0 Å². The van der Waals surface area contributed by atoms with Crippen molar-refractivity contribution in [3.05, 3.63) is 48.0 Å². The lowest BCUT2D eigenvalue weighted by Gasteiger charge is -2.20. The monoisotopic (exact) mass is 260 g/mol. The summed E-state index contributed by atoms with van der Waals surface area (Å²) >= 11 is 0. The lowest BCUT2D eigenvalue weighted by atomic mass is 10.2. The van der Waals surface area contributed by atoms with Gasteiger partial charge >= 0.3 is 0 Å². The summed E-state index contributed by atoms with van der Waals surface area (Å²) in [6.07, 6.45) is 4.33. The van der Waals surface area contributed by atoms with E-state index in [1.165, 1.54) is 12.1 Å². The summed E-state index contributed by atoms with van der Waals surface area (Å²) in [6, 6.07) is 6.30. The fourth-order valence-corrected chi connectivity index (χ4v) is 1.84. The van der Waals surface area contributed by atoms with Crippen LogP contribution in [0.15, 0.2) is 36.7 Å². The Bertz CT molecular complexity index is 510. The van der Waals surface area contributed by atoms with Gasteiger partial charge in [0.05, 0.1) is 0 Å². The second-order valence-corrected chi connectivity index (χ2v) is 4.15. The van der Waals surface area contributed by atoms with Gasteiger partial charge in [-0.1, -0.05) is 0 Å². The molecule has 0 spiro atoms. The fourth-order valence-electron chi connectivity index (χ4n) is 1.84. The summed E-state index contributed by atoms with van der Waals surface area (Å²) < 4.78 is 12.9. The number of hydrogen-bond acceptors (Lipinski definition) is 4. The molecule has 0 aliphatic rings. The Labute approximate surface area is 112 Å². The molecule has 0 saturated carbocycles. The zero-order valence-electron chi connectivity index (χ0n) is 10.9. The van der Waals surface area contributed by atoms with Crippen LogP contribution in [0.2, 0.25) is 0 Å². The van der Waals surface area contributed by atoms with Gasteiger partial charge in [0, 0.05) is 24.6 Å². The van der Waals surface area contributed by atoms with Crippen LogP contribution in [0.4, 0.5) is 16.0 Å². The standard InChI is InChI=1S/C14H17FN4/c1-2-19(13-5-3-12(15)4-6-13)14-17-9-11(7-8-16)10-18-14/h3-6,9-10H,2,7-8,16H2,1H3. The Morgan fingerprint density at radius 3 is 2.32 bits per heavy atom. The van der Waals surface area contributed by atoms with Gasteiger partial charge in [0.15, 0.2) is 0 Å². The van der Waals surface area contributed by atoms with E-state index in [0.717, 1.165) is 17.7 Å². The SMILES string of the molecule is CCN(c1ccc(F)cc1)c1ncc(CCN)cn1. The molecule has 0 atom stereocenters. The zero-order chi connectivity index (χ0) is 13.7. The lowest BCUT2D eigenvalue weighted by molar-refractivity contribution is 0.627. The van der Waals surface area contributed by atoms with Crippen molar-refractivity contribution < 1.29 is 4.39 Å². The molecule has 0 aliphatic carbocycles. The van der Waals surface area contributed by atoms with E-state index in [-0.39, 0.29) is 5.82 Å². The molecule has 0 fully saturated rings. The van der Waals surface area contributed by atoms with E-state index in [4.69, 9.17) is 5.73 Å². The summed E-state index contributed by atoms with van der Waals surface area (Å²) in [5.74, 6) is 0.355. The maximum absolute atomic E-state index is 12.9. The van der Waals surface area contributed by atoms with Crippen LogP contribution < -0.4 is 10.6 Å². The van der Waals surface area contributed by atoms with Crippen LogP contribution >= 0.6 is 0 Å². The predicted octanol–water partition coefficient (Wildman–Crippen LogP) is 2.27. The third-order valence-corrected chi connectivity index (χ3v) is 2.82. The summed E-state index contributed by atoms with van der Waals surface area (Å²) in [5, 5.41) is 0. The molecule has 2 rings (SSSR count). The number of halogens is 1. The molecule has 2 aromatic rings. The van der Waals surface area contributed by atoms with Crippen molar-refractivity contribution in [1.82, 2.24) is 9.97 Å². The molecule has 0 amide bonds. The van der Waals surface area contributed by atoms with Crippen LogP contribution in [0.5, 0.6) is 0 Å². The quantitative estimate of drug-likeness (QED) is 0.896. The van der Waals surface area contributed by atoms with Crippen LogP contribution in [-0.4, -0.2) is 23.1 Å². The second-order valence-electron chi connectivity index (χ2n) is 4.15. The first-order valence-corrected chi connectivity index (χ1v) is 6.28. The van der Waals surface area contributed by atoms with Gasteiger partial charge in [-0.05, 0) is 49.7 Å². The topological polar surface area (TPSA) is 55.0 Å². The second kappa shape index (κ2) is 6.24. The van der Waals surface area contributed by atoms with E-state index in [1.807, 2.05) is 11.8 Å². The number of rotatable bonds is 5. The minimum atomic E-state index is -0.251. The van der Waals surface area contributed by atoms with Crippen LogP contribution in [0.3, 0.4) is 0 Å². The van der Waals surface area contributed by atoms with Crippen LogP contribution in [0, 0.1) is 5.82 Å². The normalized spacial score (nSPS) is 10.5. The first-order valence-electron chi connectivity index (χ1n) is 6.28. The van der Waals surface area contributed by atoms with E-state index in [1.54, 1.807) is 24.5 Å². The Hall–Kier alpha value is -2.01. The average Bonchev–Trinajstić information content (AvgIpc) is 2.44. The molecule has 19 heavy (non-hydrogen) atoms. The van der Waals surface area contributed by atoms with Crippen LogP contribution in [0.1, 0.15) is 12.5 Å². The largest absolute Gasteiger partial charge is 0.330 e. The molecule has 0 aliphatic heterocycles. The third kappa shape index (κ3) is 3.26. The number of anilines is 2. The summed E-state index contributed by atoms with van der Waals surface area (Å²) in [5.41, 5.74) is 7.37. The predicted molar refractivity (Wildman–Crippen MR) is 73.9 cm³/mol. The number of hydrogen-bond donors (Lipinski definition) is 1. The highest BCUT2D eigenvalue weighted by molar-refractivity contribution is 5.56. The van der Waals surface area contributed by atoms with Crippen molar-refractivity contribution >= 4 is 11.6 Å². The molecule has 4 nitrogen and oxygen atoms in total. The molecule has 0 bridgehead atoms. The maximum atomic E-state index is 12.9. The first kappa shape index (κ1) is 13.4. The highest BCUT2D eigenvalue weighted by atomic mass is 19.1. The average molecular weight is 260 g/mol. The lowest BCUT2D eigenvalue weighted by Crippen LogP contribution is -2.19. The molecule has 0 saturated heterocycles. The molecule has 100 valence electrons. The van der Waals surface area contributed by atoms with Crippen molar-refractivity contribution in [1.29, 1.82) is 0 Å². The van der Waals surface area contributed by atoms with Gasteiger partial charge < -0.3 is 10.6 Å². The summed E-state index contributed by atoms with van der Waals surface area (Å²) in [6.45, 7) is 3.29. The van der Waals surface area contributed by atoms with Crippen molar-refractivity contribution in [2.24, 2.45) is 5.73 Å². The number of aromatic nitrogens is 2. The molecule has 1 heterocycles. The smallest absolute Gasteiger partial charge is 0.229 e. The van der Waals surface area contributed by atoms with E-state index in [9.17, 15) is 4.39 Å². The molecule has 2 N–H and O–H groups in total. The third-order valence-electron chi connectivity index (χ3n) is 2.82. The first-order chi connectivity index (χ1) is 9.24. The highest BCUT2D eigenvalue weighted by Crippen LogP contribution is 2.21. The van der Waals surface area contributed by atoms with Gasteiger partial charge in [-0.15, -0.1) is 0 Å². The van der Waals surface area contributed by atoms with E-state index >= 15 is 0 Å². The molecular formula is C14H17FN4. The van der Waals surface area contributed by atoms with Crippen molar-refractivity contribution in [2.45, 2.75) is 13.3 Å². The van der Waals surface area contributed by atoms with Gasteiger partial charge in [-0.2, -0.15) is 0 Å². The molecule has 0 radical (unpaired) electrons. The van der Waals surface area contributed by atoms with Gasteiger partial charge in [-0.3, -0.25) is 0 Å². The maximum Gasteiger partial charge on any atom is 0.229 e.